The first-order chi connectivity index (χ1) is 11.5. The van der Waals surface area contributed by atoms with Crippen molar-refractivity contribution in [2.24, 2.45) is 16.5 Å². The summed E-state index contributed by atoms with van der Waals surface area (Å²) in [6.07, 6.45) is 0. The topological polar surface area (TPSA) is 81.5 Å². The summed E-state index contributed by atoms with van der Waals surface area (Å²) in [7, 11) is 0. The monoisotopic (exact) mass is 321 g/mol. The summed E-state index contributed by atoms with van der Waals surface area (Å²) in [4.78, 5) is 15.6. The van der Waals surface area contributed by atoms with Gasteiger partial charge in [-0.15, -0.1) is 0 Å². The minimum absolute atomic E-state index is 0.272. The highest BCUT2D eigenvalue weighted by molar-refractivity contribution is 6.06. The van der Waals surface area contributed by atoms with E-state index in [1.807, 2.05) is 18.2 Å². The SMILES string of the molecule is Cc1cccc(-c2cccc3ccc(C(=O)N=C(N)N)cc23)c1F. The van der Waals surface area contributed by atoms with Crippen LogP contribution in [0.15, 0.2) is 59.6 Å². The number of rotatable bonds is 2. The van der Waals surface area contributed by atoms with E-state index in [1.165, 1.54) is 0 Å². The normalized spacial score (nSPS) is 10.6. The van der Waals surface area contributed by atoms with Crippen molar-refractivity contribution in [3.63, 3.8) is 0 Å². The Hall–Kier alpha value is -3.21. The molecule has 3 aromatic carbocycles. The third-order valence-electron chi connectivity index (χ3n) is 3.84. The molecule has 0 spiro atoms. The van der Waals surface area contributed by atoms with Gasteiger partial charge in [0, 0.05) is 11.1 Å². The molecule has 3 rings (SSSR count). The van der Waals surface area contributed by atoms with Gasteiger partial charge in [-0.1, -0.05) is 42.5 Å². The van der Waals surface area contributed by atoms with Gasteiger partial charge in [0.2, 0.25) is 0 Å². The van der Waals surface area contributed by atoms with Gasteiger partial charge in [0.15, 0.2) is 5.96 Å². The highest BCUT2D eigenvalue weighted by Crippen LogP contribution is 2.32. The molecular formula is C19H16FN3O. The molecular weight excluding hydrogens is 305 g/mol. The molecule has 0 aliphatic rings. The molecule has 0 saturated heterocycles. The zero-order chi connectivity index (χ0) is 17.3. The van der Waals surface area contributed by atoms with Crippen molar-refractivity contribution < 1.29 is 9.18 Å². The molecule has 0 fully saturated rings. The molecule has 0 unspecified atom stereocenters. The van der Waals surface area contributed by atoms with Gasteiger partial charge in [-0.2, -0.15) is 4.99 Å². The number of fused-ring (bicyclic) bond motifs is 1. The first-order valence-electron chi connectivity index (χ1n) is 7.39. The molecule has 1 amide bonds. The second kappa shape index (κ2) is 6.12. The van der Waals surface area contributed by atoms with Crippen LogP contribution in [0.1, 0.15) is 15.9 Å². The molecule has 5 heteroatoms. The van der Waals surface area contributed by atoms with Crippen LogP contribution in [0, 0.1) is 12.7 Å². The van der Waals surface area contributed by atoms with E-state index in [0.717, 1.165) is 10.8 Å². The first-order valence-corrected chi connectivity index (χ1v) is 7.39. The van der Waals surface area contributed by atoms with Crippen molar-refractivity contribution in [3.05, 3.63) is 71.5 Å². The van der Waals surface area contributed by atoms with E-state index in [0.29, 0.717) is 22.3 Å². The van der Waals surface area contributed by atoms with Crippen molar-refractivity contribution in [1.29, 1.82) is 0 Å². The number of aliphatic imine (C=N–C) groups is 1. The third-order valence-corrected chi connectivity index (χ3v) is 3.84. The van der Waals surface area contributed by atoms with Crippen molar-refractivity contribution in [2.45, 2.75) is 6.92 Å². The molecule has 0 saturated carbocycles. The zero-order valence-electron chi connectivity index (χ0n) is 13.1. The molecule has 0 aliphatic carbocycles. The van der Waals surface area contributed by atoms with Crippen LogP contribution in [0.4, 0.5) is 4.39 Å². The Morgan fingerprint density at radius 2 is 1.71 bits per heavy atom. The summed E-state index contributed by atoms with van der Waals surface area (Å²) in [5.41, 5.74) is 12.6. The van der Waals surface area contributed by atoms with Crippen molar-refractivity contribution in [2.75, 3.05) is 0 Å². The van der Waals surface area contributed by atoms with Gasteiger partial charge in [0.05, 0.1) is 0 Å². The molecule has 4 nitrogen and oxygen atoms in total. The van der Waals surface area contributed by atoms with Gasteiger partial charge < -0.3 is 11.5 Å². The molecule has 0 heterocycles. The first kappa shape index (κ1) is 15.7. The molecule has 0 bridgehead atoms. The van der Waals surface area contributed by atoms with Crippen molar-refractivity contribution >= 4 is 22.6 Å². The largest absolute Gasteiger partial charge is 0.370 e. The minimum Gasteiger partial charge on any atom is -0.370 e. The smallest absolute Gasteiger partial charge is 0.280 e. The molecule has 0 radical (unpaired) electrons. The van der Waals surface area contributed by atoms with E-state index in [-0.39, 0.29) is 11.8 Å². The summed E-state index contributed by atoms with van der Waals surface area (Å²) in [6, 6.07) is 16.0. The number of amides is 1. The van der Waals surface area contributed by atoms with Gasteiger partial charge in [0.25, 0.3) is 5.91 Å². The summed E-state index contributed by atoms with van der Waals surface area (Å²) >= 11 is 0. The van der Waals surface area contributed by atoms with Crippen LogP contribution in [0.25, 0.3) is 21.9 Å². The summed E-state index contributed by atoms with van der Waals surface area (Å²) in [5, 5.41) is 1.66. The molecule has 0 atom stereocenters. The maximum absolute atomic E-state index is 14.5. The Kier molecular flexibility index (Phi) is 4.00. The predicted octanol–water partition coefficient (Wildman–Crippen LogP) is 3.37. The van der Waals surface area contributed by atoms with Crippen molar-refractivity contribution in [1.82, 2.24) is 0 Å². The fourth-order valence-corrected chi connectivity index (χ4v) is 2.68. The number of benzene rings is 3. The highest BCUT2D eigenvalue weighted by atomic mass is 19.1. The Labute approximate surface area is 138 Å². The standard InChI is InChI=1S/C19H16FN3O/c1-11-4-2-7-15(17(11)20)14-6-3-5-12-8-9-13(10-16(12)14)18(24)23-19(21)22/h2-10H,1H3,(H4,21,22,23,24). The Bertz CT molecular complexity index is 976. The molecule has 24 heavy (non-hydrogen) atoms. The van der Waals surface area contributed by atoms with E-state index < -0.39 is 5.91 Å². The lowest BCUT2D eigenvalue weighted by Crippen LogP contribution is -2.24. The van der Waals surface area contributed by atoms with E-state index in [1.54, 1.807) is 43.3 Å². The fraction of sp³-hybridized carbons (Fsp3) is 0.0526. The van der Waals surface area contributed by atoms with Gasteiger partial charge in [0.1, 0.15) is 5.82 Å². The predicted molar refractivity (Wildman–Crippen MR) is 94.2 cm³/mol. The minimum atomic E-state index is -0.531. The van der Waals surface area contributed by atoms with E-state index in [9.17, 15) is 9.18 Å². The number of nitrogens with two attached hydrogens (primary N) is 2. The lowest BCUT2D eigenvalue weighted by molar-refractivity contribution is 0.100. The third kappa shape index (κ3) is 2.84. The van der Waals surface area contributed by atoms with Crippen LogP contribution >= 0.6 is 0 Å². The number of halogens is 1. The second-order valence-corrected chi connectivity index (χ2v) is 5.52. The molecule has 0 aromatic heterocycles. The lowest BCUT2D eigenvalue weighted by Gasteiger charge is -2.10. The summed E-state index contributed by atoms with van der Waals surface area (Å²) in [5.74, 6) is -1.10. The molecule has 4 N–H and O–H groups in total. The summed E-state index contributed by atoms with van der Waals surface area (Å²) < 4.78 is 14.5. The zero-order valence-corrected chi connectivity index (χ0v) is 13.1. The number of hydrogen-bond acceptors (Lipinski definition) is 1. The van der Waals surface area contributed by atoms with Crippen LogP contribution in [0.3, 0.4) is 0 Å². The Balaban J connectivity index is 2.24. The van der Waals surface area contributed by atoms with E-state index in [4.69, 9.17) is 11.5 Å². The number of carbonyl (C=O) groups excluding carboxylic acids is 1. The van der Waals surface area contributed by atoms with E-state index >= 15 is 0 Å². The van der Waals surface area contributed by atoms with Gasteiger partial charge in [-0.25, -0.2) is 4.39 Å². The Morgan fingerprint density at radius 1 is 1.00 bits per heavy atom. The average Bonchev–Trinajstić information content (AvgIpc) is 2.56. The summed E-state index contributed by atoms with van der Waals surface area (Å²) in [6.45, 7) is 1.72. The number of hydrogen-bond donors (Lipinski definition) is 2. The van der Waals surface area contributed by atoms with Crippen LogP contribution in [-0.2, 0) is 0 Å². The number of carbonyl (C=O) groups is 1. The fourth-order valence-electron chi connectivity index (χ4n) is 2.68. The van der Waals surface area contributed by atoms with Gasteiger partial charge >= 0.3 is 0 Å². The van der Waals surface area contributed by atoms with Gasteiger partial charge in [-0.3, -0.25) is 4.79 Å². The van der Waals surface area contributed by atoms with Gasteiger partial charge in [-0.05, 0) is 41.0 Å². The van der Waals surface area contributed by atoms with Crippen LogP contribution in [0.2, 0.25) is 0 Å². The maximum Gasteiger partial charge on any atom is 0.280 e. The number of guanidine groups is 1. The lowest BCUT2D eigenvalue weighted by atomic mass is 9.95. The maximum atomic E-state index is 14.5. The highest BCUT2D eigenvalue weighted by Gasteiger charge is 2.12. The Morgan fingerprint density at radius 3 is 2.46 bits per heavy atom. The number of nitrogens with zero attached hydrogens (tertiary/aromatic N) is 1. The van der Waals surface area contributed by atoms with Crippen LogP contribution < -0.4 is 11.5 Å². The number of aryl methyl sites for hydroxylation is 1. The van der Waals surface area contributed by atoms with Crippen LogP contribution in [0.5, 0.6) is 0 Å². The average molecular weight is 321 g/mol. The van der Waals surface area contributed by atoms with Crippen LogP contribution in [-0.4, -0.2) is 11.9 Å². The molecule has 3 aromatic rings. The molecule has 120 valence electrons. The quantitative estimate of drug-likeness (QED) is 0.561. The van der Waals surface area contributed by atoms with Crippen molar-refractivity contribution in [3.8, 4) is 11.1 Å². The second-order valence-electron chi connectivity index (χ2n) is 5.52. The van der Waals surface area contributed by atoms with E-state index in [2.05, 4.69) is 4.99 Å². The molecule has 0 aliphatic heterocycles.